The second-order valence-corrected chi connectivity index (χ2v) is 14.3. The quantitative estimate of drug-likeness (QED) is 0.178. The molecule has 8 aromatic carbocycles. The van der Waals surface area contributed by atoms with Crippen molar-refractivity contribution in [1.82, 2.24) is 24.1 Å². The van der Waals surface area contributed by atoms with Crippen molar-refractivity contribution in [2.75, 3.05) is 0 Å². The third kappa shape index (κ3) is 4.38. The van der Waals surface area contributed by atoms with Crippen LogP contribution in [-0.2, 0) is 0 Å². The molecule has 4 aromatic heterocycles. The third-order valence-corrected chi connectivity index (χ3v) is 11.2. The van der Waals surface area contributed by atoms with Crippen LogP contribution in [0.1, 0.15) is 0 Å². The minimum atomic E-state index is 0.841. The van der Waals surface area contributed by atoms with Crippen molar-refractivity contribution in [2.45, 2.75) is 0 Å². The average molecular weight is 718 g/mol. The van der Waals surface area contributed by atoms with E-state index in [4.69, 9.17) is 14.7 Å². The molecule has 56 heavy (non-hydrogen) atoms. The summed E-state index contributed by atoms with van der Waals surface area (Å²) < 4.78 is 13.3. The van der Waals surface area contributed by atoms with Gasteiger partial charge in [-0.3, -0.25) is 0 Å². The fourth-order valence-electron chi connectivity index (χ4n) is 8.82. The van der Waals surface area contributed by atoms with Crippen molar-refractivity contribution in [3.05, 3.63) is 188 Å². The van der Waals surface area contributed by atoms with Gasteiger partial charge in [0.15, 0.2) is 0 Å². The fourth-order valence-corrected chi connectivity index (χ4v) is 8.82. The van der Waals surface area contributed by atoms with Gasteiger partial charge in [0, 0.05) is 49.5 Å². The van der Waals surface area contributed by atoms with Crippen LogP contribution in [0.5, 0.6) is 0 Å². The molecule has 0 fully saturated rings. The molecule has 0 amide bonds. The molecule has 6 nitrogen and oxygen atoms in total. The van der Waals surface area contributed by atoms with Crippen molar-refractivity contribution in [1.29, 1.82) is 0 Å². The molecule has 12 rings (SSSR count). The number of hydrogen-bond donors (Lipinski definition) is 0. The van der Waals surface area contributed by atoms with E-state index in [1.54, 1.807) is 0 Å². The molecule has 0 unspecified atom stereocenters. The Balaban J connectivity index is 1.15. The summed E-state index contributed by atoms with van der Waals surface area (Å²) in [6.45, 7) is 0. The number of benzene rings is 8. The third-order valence-electron chi connectivity index (χ3n) is 11.2. The summed E-state index contributed by atoms with van der Waals surface area (Å²) in [5, 5.41) is 16.6. The predicted molar refractivity (Wildman–Crippen MR) is 228 cm³/mol. The van der Waals surface area contributed by atoms with Crippen LogP contribution in [0.4, 0.5) is 0 Å². The lowest BCUT2D eigenvalue weighted by atomic mass is 10.0. The van der Waals surface area contributed by atoms with Gasteiger partial charge in [0.25, 0.3) is 0 Å². The molecule has 0 N–H and O–H groups in total. The maximum Gasteiger partial charge on any atom is 0.137 e. The summed E-state index contributed by atoms with van der Waals surface area (Å²) in [5.41, 5.74) is 13.1. The molecular formula is C50H31N5O. The Labute approximate surface area is 320 Å². The molecule has 0 aliphatic heterocycles. The zero-order chi connectivity index (χ0) is 36.7. The van der Waals surface area contributed by atoms with Crippen molar-refractivity contribution >= 4 is 65.6 Å². The highest BCUT2D eigenvalue weighted by atomic mass is 16.3. The molecule has 0 saturated carbocycles. The SMILES string of the molecule is c1ccc(-c2nnn(-c3cccc4c3c3ccccc3n4-c3ccccc3-n3c4ccccc4c4cc5c(cc43)oc3ccccc35)c2-c2ccccc2)cc1. The summed E-state index contributed by atoms with van der Waals surface area (Å²) in [5.74, 6) is 0. The van der Waals surface area contributed by atoms with E-state index in [0.29, 0.717) is 0 Å². The van der Waals surface area contributed by atoms with Crippen molar-refractivity contribution in [3.63, 3.8) is 0 Å². The van der Waals surface area contributed by atoms with Gasteiger partial charge in [-0.05, 0) is 48.5 Å². The topological polar surface area (TPSA) is 53.7 Å². The summed E-state index contributed by atoms with van der Waals surface area (Å²) in [4.78, 5) is 0. The van der Waals surface area contributed by atoms with E-state index in [2.05, 4.69) is 161 Å². The maximum absolute atomic E-state index is 6.46. The van der Waals surface area contributed by atoms with Gasteiger partial charge in [-0.1, -0.05) is 139 Å². The van der Waals surface area contributed by atoms with Crippen LogP contribution in [0.25, 0.3) is 105 Å². The number of fused-ring (bicyclic) bond motifs is 9. The number of nitrogens with zero attached hydrogens (tertiary/aromatic N) is 5. The van der Waals surface area contributed by atoms with Crippen LogP contribution in [0.3, 0.4) is 0 Å². The van der Waals surface area contributed by atoms with Gasteiger partial charge in [-0.25, -0.2) is 4.68 Å². The van der Waals surface area contributed by atoms with Crippen LogP contribution in [-0.4, -0.2) is 24.1 Å². The van der Waals surface area contributed by atoms with E-state index in [-0.39, 0.29) is 0 Å². The van der Waals surface area contributed by atoms with Gasteiger partial charge in [0.05, 0.1) is 39.1 Å². The number of aromatic nitrogens is 5. The summed E-state index contributed by atoms with van der Waals surface area (Å²) in [6.07, 6.45) is 0. The lowest BCUT2D eigenvalue weighted by Gasteiger charge is -2.17. The minimum absolute atomic E-state index is 0.841. The molecule has 0 bridgehead atoms. The van der Waals surface area contributed by atoms with Gasteiger partial charge in [-0.2, -0.15) is 0 Å². The Morgan fingerprint density at radius 2 is 0.946 bits per heavy atom. The van der Waals surface area contributed by atoms with E-state index < -0.39 is 0 Å². The number of furan rings is 1. The van der Waals surface area contributed by atoms with Gasteiger partial charge in [-0.15, -0.1) is 5.10 Å². The average Bonchev–Trinajstić information content (AvgIpc) is 4.03. The Morgan fingerprint density at radius 1 is 0.375 bits per heavy atom. The Hall–Kier alpha value is -7.70. The summed E-state index contributed by atoms with van der Waals surface area (Å²) in [6, 6.07) is 66.2. The Morgan fingerprint density at radius 3 is 1.71 bits per heavy atom. The standard InChI is InChI=1S/C50H31N5O/c1-3-16-32(17-4-1)49-50(33-18-5-2-6-19-33)55(52-51-49)44-28-15-27-43-48(44)36-22-8-11-24-40(36)53(43)41-25-12-13-26-42(41)54-39-23-10-7-20-34(39)37-30-38-35-21-9-14-29-46(35)56-47(38)31-45(37)54/h1-31H. The van der Waals surface area contributed by atoms with Gasteiger partial charge < -0.3 is 13.6 Å². The van der Waals surface area contributed by atoms with E-state index in [1.807, 2.05) is 41.1 Å². The predicted octanol–water partition coefficient (Wildman–Crippen LogP) is 12.7. The lowest BCUT2D eigenvalue weighted by molar-refractivity contribution is 0.669. The first kappa shape index (κ1) is 30.7. The summed E-state index contributed by atoms with van der Waals surface area (Å²) in [7, 11) is 0. The normalized spacial score (nSPS) is 11.9. The molecule has 0 atom stereocenters. The second-order valence-electron chi connectivity index (χ2n) is 14.3. The van der Waals surface area contributed by atoms with Crippen molar-refractivity contribution in [3.8, 4) is 39.6 Å². The van der Waals surface area contributed by atoms with E-state index >= 15 is 0 Å². The van der Waals surface area contributed by atoms with E-state index in [9.17, 15) is 0 Å². The molecule has 262 valence electrons. The molecule has 0 radical (unpaired) electrons. The first-order chi connectivity index (χ1) is 27.8. The smallest absolute Gasteiger partial charge is 0.137 e. The number of rotatable bonds is 5. The second kappa shape index (κ2) is 11.9. The van der Waals surface area contributed by atoms with Crippen LogP contribution >= 0.6 is 0 Å². The van der Waals surface area contributed by atoms with Crippen molar-refractivity contribution in [2.24, 2.45) is 0 Å². The molecule has 6 heteroatoms. The first-order valence-corrected chi connectivity index (χ1v) is 18.9. The summed E-state index contributed by atoms with van der Waals surface area (Å²) >= 11 is 0. The Kier molecular flexibility index (Phi) is 6.53. The highest BCUT2D eigenvalue weighted by Crippen LogP contribution is 2.43. The molecule has 0 saturated heterocycles. The lowest BCUT2D eigenvalue weighted by Crippen LogP contribution is -2.04. The molecule has 12 aromatic rings. The fraction of sp³-hybridized carbons (Fsp3) is 0. The van der Waals surface area contributed by atoms with Crippen LogP contribution in [0, 0.1) is 0 Å². The van der Waals surface area contributed by atoms with Gasteiger partial charge >= 0.3 is 0 Å². The number of hydrogen-bond acceptors (Lipinski definition) is 3. The van der Waals surface area contributed by atoms with Crippen LogP contribution < -0.4 is 0 Å². The highest BCUT2D eigenvalue weighted by molar-refractivity contribution is 6.18. The van der Waals surface area contributed by atoms with E-state index in [0.717, 1.165) is 94.4 Å². The largest absolute Gasteiger partial charge is 0.456 e. The zero-order valence-corrected chi connectivity index (χ0v) is 30.0. The number of para-hydroxylation sites is 5. The van der Waals surface area contributed by atoms with Crippen LogP contribution in [0.15, 0.2) is 192 Å². The minimum Gasteiger partial charge on any atom is -0.456 e. The van der Waals surface area contributed by atoms with Crippen LogP contribution in [0.2, 0.25) is 0 Å². The monoisotopic (exact) mass is 717 g/mol. The first-order valence-electron chi connectivity index (χ1n) is 18.9. The highest BCUT2D eigenvalue weighted by Gasteiger charge is 2.24. The molecule has 0 aliphatic carbocycles. The molecular weight excluding hydrogens is 687 g/mol. The molecule has 4 heterocycles. The zero-order valence-electron chi connectivity index (χ0n) is 30.0. The van der Waals surface area contributed by atoms with Crippen molar-refractivity contribution < 1.29 is 4.42 Å². The van der Waals surface area contributed by atoms with Gasteiger partial charge in [0.1, 0.15) is 22.6 Å². The van der Waals surface area contributed by atoms with E-state index in [1.165, 1.54) is 10.8 Å². The maximum atomic E-state index is 6.46. The van der Waals surface area contributed by atoms with Gasteiger partial charge in [0.2, 0.25) is 0 Å². The Bertz CT molecular complexity index is 3480. The molecule has 0 aliphatic rings. The molecule has 0 spiro atoms.